The van der Waals surface area contributed by atoms with E-state index in [0.717, 1.165) is 6.42 Å². The maximum Gasteiger partial charge on any atom is 0.251 e. The monoisotopic (exact) mass is 335 g/mol. The quantitative estimate of drug-likeness (QED) is 0.849. The van der Waals surface area contributed by atoms with Gasteiger partial charge in [-0.2, -0.15) is 5.26 Å². The van der Waals surface area contributed by atoms with E-state index in [1.54, 1.807) is 48.5 Å². The Morgan fingerprint density at radius 2 is 1.84 bits per heavy atom. The van der Waals surface area contributed by atoms with Crippen LogP contribution in [0.15, 0.2) is 54.6 Å². The fourth-order valence-corrected chi connectivity index (χ4v) is 2.40. The van der Waals surface area contributed by atoms with Crippen molar-refractivity contribution in [2.24, 2.45) is 5.92 Å². The first-order chi connectivity index (χ1) is 12.0. The molecule has 0 radical (unpaired) electrons. The van der Waals surface area contributed by atoms with Gasteiger partial charge in [0.25, 0.3) is 5.91 Å². The van der Waals surface area contributed by atoms with Gasteiger partial charge >= 0.3 is 0 Å². The highest BCUT2D eigenvalue weighted by atomic mass is 16.2. The fraction of sp³-hybridized carbons (Fsp3) is 0.250. The van der Waals surface area contributed by atoms with Crippen LogP contribution in [0.3, 0.4) is 0 Å². The number of hydrogen-bond donors (Lipinski definition) is 2. The molecule has 5 nitrogen and oxygen atoms in total. The van der Waals surface area contributed by atoms with Gasteiger partial charge in [0.05, 0.1) is 11.6 Å². The smallest absolute Gasteiger partial charge is 0.251 e. The second-order valence-electron chi connectivity index (χ2n) is 5.88. The van der Waals surface area contributed by atoms with Crippen LogP contribution in [0.5, 0.6) is 0 Å². The molecule has 0 unspecified atom stereocenters. The van der Waals surface area contributed by atoms with Crippen molar-refractivity contribution in [3.8, 4) is 6.07 Å². The van der Waals surface area contributed by atoms with Gasteiger partial charge in [-0.05, 0) is 36.2 Å². The second-order valence-corrected chi connectivity index (χ2v) is 5.88. The van der Waals surface area contributed by atoms with Crippen LogP contribution in [0.2, 0.25) is 0 Å². The van der Waals surface area contributed by atoms with Crippen molar-refractivity contribution >= 4 is 17.5 Å². The molecule has 2 aromatic carbocycles. The molecule has 0 fully saturated rings. The molecule has 0 aromatic heterocycles. The zero-order chi connectivity index (χ0) is 18.2. The normalized spacial score (nSPS) is 12.5. The molecule has 25 heavy (non-hydrogen) atoms. The minimum absolute atomic E-state index is 0.0354. The second kappa shape index (κ2) is 8.65. The largest absolute Gasteiger partial charge is 0.340 e. The van der Waals surface area contributed by atoms with E-state index in [1.807, 2.05) is 26.0 Å². The highest BCUT2D eigenvalue weighted by Crippen LogP contribution is 2.14. The fourth-order valence-electron chi connectivity index (χ4n) is 2.40. The van der Waals surface area contributed by atoms with Gasteiger partial charge in [-0.15, -0.1) is 0 Å². The highest BCUT2D eigenvalue weighted by molar-refractivity contribution is 6.01. The van der Waals surface area contributed by atoms with Crippen LogP contribution in [-0.4, -0.2) is 17.9 Å². The summed E-state index contributed by atoms with van der Waals surface area (Å²) in [6.45, 7) is 3.89. The van der Waals surface area contributed by atoms with Crippen LogP contribution < -0.4 is 10.6 Å². The zero-order valence-electron chi connectivity index (χ0n) is 14.3. The van der Waals surface area contributed by atoms with E-state index >= 15 is 0 Å². The summed E-state index contributed by atoms with van der Waals surface area (Å²) in [5.74, 6) is -0.618. The minimum Gasteiger partial charge on any atom is -0.340 e. The maximum atomic E-state index is 12.7. The van der Waals surface area contributed by atoms with Gasteiger partial charge in [0, 0.05) is 11.3 Å². The first-order valence-electron chi connectivity index (χ1n) is 8.22. The lowest BCUT2D eigenvalue weighted by Gasteiger charge is -2.23. The predicted octanol–water partition coefficient (Wildman–Crippen LogP) is 3.34. The lowest BCUT2D eigenvalue weighted by atomic mass is 9.97. The van der Waals surface area contributed by atoms with Gasteiger partial charge in [0.15, 0.2) is 0 Å². The number of benzene rings is 2. The molecule has 2 rings (SSSR count). The Kier molecular flexibility index (Phi) is 6.30. The van der Waals surface area contributed by atoms with E-state index in [4.69, 9.17) is 5.26 Å². The minimum atomic E-state index is -0.663. The van der Waals surface area contributed by atoms with Gasteiger partial charge in [0.1, 0.15) is 6.04 Å². The van der Waals surface area contributed by atoms with Gasteiger partial charge in [-0.3, -0.25) is 9.59 Å². The molecule has 0 saturated carbocycles. The zero-order valence-corrected chi connectivity index (χ0v) is 14.3. The number of carbonyl (C=O) groups excluding carboxylic acids is 2. The van der Waals surface area contributed by atoms with E-state index in [9.17, 15) is 9.59 Å². The molecular formula is C20H21N3O2. The summed E-state index contributed by atoms with van der Waals surface area (Å²) in [4.78, 5) is 25.1. The predicted molar refractivity (Wildman–Crippen MR) is 96.9 cm³/mol. The van der Waals surface area contributed by atoms with Crippen molar-refractivity contribution in [1.29, 1.82) is 5.26 Å². The molecular weight excluding hydrogens is 314 g/mol. The molecule has 0 aliphatic carbocycles. The first kappa shape index (κ1) is 18.2. The van der Waals surface area contributed by atoms with Gasteiger partial charge in [0.2, 0.25) is 5.91 Å². The van der Waals surface area contributed by atoms with Gasteiger partial charge in [-0.1, -0.05) is 44.5 Å². The molecule has 5 heteroatoms. The standard InChI is InChI=1S/C20H21N3O2/c1-3-14(2)18(23-19(24)16-9-5-4-6-10-16)20(25)22-17-11-7-8-15(12-17)13-21/h4-12,14,18H,3H2,1-2H3,(H,22,25)(H,23,24)/t14-,18+/m0/s1. The first-order valence-corrected chi connectivity index (χ1v) is 8.22. The molecule has 0 aliphatic heterocycles. The van der Waals surface area contributed by atoms with Crippen molar-refractivity contribution in [3.63, 3.8) is 0 Å². The van der Waals surface area contributed by atoms with Crippen molar-refractivity contribution < 1.29 is 9.59 Å². The maximum absolute atomic E-state index is 12.7. The summed E-state index contributed by atoms with van der Waals surface area (Å²) in [6, 6.07) is 16.9. The number of nitriles is 1. The van der Waals surface area contributed by atoms with Crippen LogP contribution in [-0.2, 0) is 4.79 Å². The number of hydrogen-bond acceptors (Lipinski definition) is 3. The third-order valence-corrected chi connectivity index (χ3v) is 4.08. The van der Waals surface area contributed by atoms with Gasteiger partial charge < -0.3 is 10.6 Å². The Hall–Kier alpha value is -3.13. The van der Waals surface area contributed by atoms with Crippen LogP contribution in [0.4, 0.5) is 5.69 Å². The van der Waals surface area contributed by atoms with Gasteiger partial charge in [-0.25, -0.2) is 0 Å². The average Bonchev–Trinajstić information content (AvgIpc) is 2.66. The molecule has 128 valence electrons. The molecule has 2 N–H and O–H groups in total. The molecule has 0 spiro atoms. The molecule has 0 bridgehead atoms. The van der Waals surface area contributed by atoms with Crippen molar-refractivity contribution in [2.45, 2.75) is 26.3 Å². The Bertz CT molecular complexity index is 781. The van der Waals surface area contributed by atoms with Crippen molar-refractivity contribution in [1.82, 2.24) is 5.32 Å². The Morgan fingerprint density at radius 1 is 1.12 bits per heavy atom. The lowest BCUT2D eigenvalue weighted by molar-refractivity contribution is -0.119. The summed E-state index contributed by atoms with van der Waals surface area (Å²) in [5.41, 5.74) is 1.51. The molecule has 0 aliphatic rings. The molecule has 2 atom stereocenters. The Balaban J connectivity index is 2.14. The summed E-state index contributed by atoms with van der Waals surface area (Å²) < 4.78 is 0. The van der Waals surface area contributed by atoms with Crippen LogP contribution >= 0.6 is 0 Å². The van der Waals surface area contributed by atoms with Crippen LogP contribution in [0, 0.1) is 17.2 Å². The number of nitrogens with one attached hydrogen (secondary N) is 2. The average molecular weight is 335 g/mol. The van der Waals surface area contributed by atoms with Crippen LogP contribution in [0.1, 0.15) is 36.2 Å². The van der Waals surface area contributed by atoms with Crippen LogP contribution in [0.25, 0.3) is 0 Å². The van der Waals surface area contributed by atoms with E-state index in [1.165, 1.54) is 0 Å². The highest BCUT2D eigenvalue weighted by Gasteiger charge is 2.26. The third-order valence-electron chi connectivity index (χ3n) is 4.08. The summed E-state index contributed by atoms with van der Waals surface area (Å²) in [5, 5.41) is 14.6. The van der Waals surface area contributed by atoms with E-state index in [2.05, 4.69) is 10.6 Å². The third kappa shape index (κ3) is 4.92. The topological polar surface area (TPSA) is 82.0 Å². The summed E-state index contributed by atoms with van der Waals surface area (Å²) in [7, 11) is 0. The van der Waals surface area contributed by atoms with E-state index in [-0.39, 0.29) is 17.7 Å². The molecule has 2 aromatic rings. The van der Waals surface area contributed by atoms with Crippen molar-refractivity contribution in [3.05, 3.63) is 65.7 Å². The number of anilines is 1. The molecule has 2 amide bonds. The number of carbonyl (C=O) groups is 2. The number of rotatable bonds is 6. The summed E-state index contributed by atoms with van der Waals surface area (Å²) in [6.07, 6.45) is 0.741. The Morgan fingerprint density at radius 3 is 2.48 bits per heavy atom. The number of nitrogens with zero attached hydrogens (tertiary/aromatic N) is 1. The molecule has 0 saturated heterocycles. The van der Waals surface area contributed by atoms with E-state index < -0.39 is 6.04 Å². The van der Waals surface area contributed by atoms with Crippen molar-refractivity contribution in [2.75, 3.05) is 5.32 Å². The number of amides is 2. The SMILES string of the molecule is CC[C@H](C)[C@@H](NC(=O)c1ccccc1)C(=O)Nc1cccc(C#N)c1. The van der Waals surface area contributed by atoms with E-state index in [0.29, 0.717) is 16.8 Å². The Labute approximate surface area is 147 Å². The summed E-state index contributed by atoms with van der Waals surface area (Å²) >= 11 is 0. The molecule has 0 heterocycles. The lowest BCUT2D eigenvalue weighted by Crippen LogP contribution is -2.47.